The van der Waals surface area contributed by atoms with Gasteiger partial charge < -0.3 is 5.32 Å². The number of aromatic nitrogens is 2. The Balaban J connectivity index is 2.43. The first-order valence-electron chi connectivity index (χ1n) is 4.56. The van der Waals surface area contributed by atoms with Gasteiger partial charge in [0.25, 0.3) is 0 Å². The molecule has 0 amide bonds. The van der Waals surface area contributed by atoms with Gasteiger partial charge in [0.05, 0.1) is 6.26 Å². The standard InChI is InChI=1S/C8H13ClN4O2S/c1-6-5-7(13-8(9)12-6)10-3-4-11-16(2,14)15/h5,11H,3-4H2,1-2H3,(H,10,12,13). The molecule has 0 aliphatic carbocycles. The molecule has 0 radical (unpaired) electrons. The fraction of sp³-hybridized carbons (Fsp3) is 0.500. The van der Waals surface area contributed by atoms with E-state index in [0.29, 0.717) is 18.9 Å². The molecule has 8 heteroatoms. The van der Waals surface area contributed by atoms with Gasteiger partial charge in [0.2, 0.25) is 15.3 Å². The maximum Gasteiger partial charge on any atom is 0.224 e. The van der Waals surface area contributed by atoms with Crippen LogP contribution in [0.4, 0.5) is 5.82 Å². The number of hydrogen-bond donors (Lipinski definition) is 2. The molecule has 1 rings (SSSR count). The fourth-order valence-corrected chi connectivity index (χ4v) is 1.75. The second kappa shape index (κ2) is 5.42. The zero-order valence-electron chi connectivity index (χ0n) is 8.99. The van der Waals surface area contributed by atoms with Crippen molar-refractivity contribution in [1.82, 2.24) is 14.7 Å². The topological polar surface area (TPSA) is 84.0 Å². The summed E-state index contributed by atoms with van der Waals surface area (Å²) >= 11 is 5.66. The highest BCUT2D eigenvalue weighted by atomic mass is 35.5. The van der Waals surface area contributed by atoms with Crippen LogP contribution in [0.5, 0.6) is 0 Å². The molecule has 0 bridgehead atoms. The highest BCUT2D eigenvalue weighted by Gasteiger charge is 2.01. The van der Waals surface area contributed by atoms with Crippen LogP contribution in [0.25, 0.3) is 0 Å². The molecule has 1 aromatic rings. The van der Waals surface area contributed by atoms with Crippen molar-refractivity contribution in [1.29, 1.82) is 0 Å². The SMILES string of the molecule is Cc1cc(NCCNS(C)(=O)=O)nc(Cl)n1. The van der Waals surface area contributed by atoms with Crippen LogP contribution in [0.1, 0.15) is 5.69 Å². The van der Waals surface area contributed by atoms with E-state index in [-0.39, 0.29) is 5.28 Å². The van der Waals surface area contributed by atoms with E-state index < -0.39 is 10.0 Å². The fourth-order valence-electron chi connectivity index (χ4n) is 1.05. The van der Waals surface area contributed by atoms with Crippen molar-refractivity contribution < 1.29 is 8.42 Å². The molecule has 0 atom stereocenters. The van der Waals surface area contributed by atoms with E-state index in [1.54, 1.807) is 13.0 Å². The molecule has 6 nitrogen and oxygen atoms in total. The minimum Gasteiger partial charge on any atom is -0.369 e. The first-order valence-corrected chi connectivity index (χ1v) is 6.83. The van der Waals surface area contributed by atoms with E-state index in [9.17, 15) is 8.42 Å². The van der Waals surface area contributed by atoms with E-state index in [1.807, 2.05) is 0 Å². The molecule has 16 heavy (non-hydrogen) atoms. The van der Waals surface area contributed by atoms with Crippen LogP contribution in [0.3, 0.4) is 0 Å². The molecule has 0 saturated heterocycles. The maximum atomic E-state index is 10.8. The molecule has 1 aromatic heterocycles. The monoisotopic (exact) mass is 264 g/mol. The van der Waals surface area contributed by atoms with E-state index in [4.69, 9.17) is 11.6 Å². The lowest BCUT2D eigenvalue weighted by atomic mass is 10.4. The van der Waals surface area contributed by atoms with E-state index in [1.165, 1.54) is 0 Å². The van der Waals surface area contributed by atoms with Gasteiger partial charge in [-0.1, -0.05) is 0 Å². The lowest BCUT2D eigenvalue weighted by Crippen LogP contribution is -2.27. The van der Waals surface area contributed by atoms with Crippen molar-refractivity contribution >= 4 is 27.4 Å². The molecule has 0 unspecified atom stereocenters. The van der Waals surface area contributed by atoms with Crippen LogP contribution in [0.2, 0.25) is 5.28 Å². The molecule has 0 aromatic carbocycles. The number of hydrogen-bond acceptors (Lipinski definition) is 5. The molecule has 0 aliphatic heterocycles. The molecule has 0 aliphatic rings. The lowest BCUT2D eigenvalue weighted by Gasteiger charge is -2.06. The Kier molecular flexibility index (Phi) is 4.45. The van der Waals surface area contributed by atoms with Crippen LogP contribution in [-0.2, 0) is 10.0 Å². The summed E-state index contributed by atoms with van der Waals surface area (Å²) in [5, 5.41) is 3.10. The Morgan fingerprint density at radius 2 is 2.06 bits per heavy atom. The highest BCUT2D eigenvalue weighted by Crippen LogP contribution is 2.08. The second-order valence-corrected chi connectivity index (χ2v) is 5.43. The van der Waals surface area contributed by atoms with Crippen LogP contribution in [0, 0.1) is 6.92 Å². The minimum absolute atomic E-state index is 0.165. The zero-order valence-corrected chi connectivity index (χ0v) is 10.6. The smallest absolute Gasteiger partial charge is 0.224 e. The van der Waals surface area contributed by atoms with Gasteiger partial charge in [-0.25, -0.2) is 23.1 Å². The van der Waals surface area contributed by atoms with E-state index in [0.717, 1.165) is 11.9 Å². The average molecular weight is 265 g/mol. The van der Waals surface area contributed by atoms with E-state index >= 15 is 0 Å². The molecular formula is C8H13ClN4O2S. The summed E-state index contributed by atoms with van der Waals surface area (Å²) in [6, 6.07) is 1.73. The van der Waals surface area contributed by atoms with E-state index in [2.05, 4.69) is 20.0 Å². The van der Waals surface area contributed by atoms with Crippen LogP contribution in [0.15, 0.2) is 6.07 Å². The molecule has 0 saturated carbocycles. The average Bonchev–Trinajstić information content (AvgIpc) is 2.09. The molecule has 1 heterocycles. The minimum atomic E-state index is -3.14. The summed E-state index contributed by atoms with van der Waals surface area (Å²) in [4.78, 5) is 7.84. The Morgan fingerprint density at radius 3 is 2.62 bits per heavy atom. The van der Waals surface area contributed by atoms with Crippen molar-refractivity contribution in [3.63, 3.8) is 0 Å². The summed E-state index contributed by atoms with van der Waals surface area (Å²) in [6.45, 7) is 2.52. The van der Waals surface area contributed by atoms with Gasteiger partial charge in [0.15, 0.2) is 0 Å². The van der Waals surface area contributed by atoms with Crippen LogP contribution >= 0.6 is 11.6 Å². The number of halogens is 1. The van der Waals surface area contributed by atoms with Gasteiger partial charge in [0.1, 0.15) is 5.82 Å². The zero-order chi connectivity index (χ0) is 12.2. The Hall–Kier alpha value is -0.920. The Morgan fingerprint density at radius 1 is 1.38 bits per heavy atom. The van der Waals surface area contributed by atoms with Gasteiger partial charge in [-0.15, -0.1) is 0 Å². The summed E-state index contributed by atoms with van der Waals surface area (Å²) in [6.07, 6.45) is 1.11. The summed E-state index contributed by atoms with van der Waals surface area (Å²) in [5.41, 5.74) is 0.749. The second-order valence-electron chi connectivity index (χ2n) is 3.26. The number of rotatable bonds is 5. The first-order chi connectivity index (χ1) is 7.37. The number of aryl methyl sites for hydroxylation is 1. The molecular weight excluding hydrogens is 252 g/mol. The highest BCUT2D eigenvalue weighted by molar-refractivity contribution is 7.88. The van der Waals surface area contributed by atoms with Gasteiger partial charge >= 0.3 is 0 Å². The number of nitrogens with one attached hydrogen (secondary N) is 2. The van der Waals surface area contributed by atoms with Gasteiger partial charge in [-0.3, -0.25) is 0 Å². The molecule has 0 spiro atoms. The Bertz CT molecular complexity index is 443. The van der Waals surface area contributed by atoms with Gasteiger partial charge in [-0.05, 0) is 18.5 Å². The van der Waals surface area contributed by atoms with Crippen molar-refractivity contribution in [3.8, 4) is 0 Å². The summed E-state index contributed by atoms with van der Waals surface area (Å²) < 4.78 is 23.9. The van der Waals surface area contributed by atoms with Crippen LogP contribution in [-0.4, -0.2) is 37.7 Å². The maximum absolute atomic E-state index is 10.8. The normalized spacial score (nSPS) is 11.4. The van der Waals surface area contributed by atoms with Crippen molar-refractivity contribution in [2.45, 2.75) is 6.92 Å². The largest absolute Gasteiger partial charge is 0.369 e. The first kappa shape index (κ1) is 13.1. The third kappa shape index (κ3) is 5.24. The third-order valence-electron chi connectivity index (χ3n) is 1.62. The third-order valence-corrected chi connectivity index (χ3v) is 2.52. The Labute approximate surface area is 99.5 Å². The van der Waals surface area contributed by atoms with Gasteiger partial charge in [0, 0.05) is 24.8 Å². The number of anilines is 1. The summed E-state index contributed by atoms with van der Waals surface area (Å²) in [7, 11) is -3.14. The number of sulfonamides is 1. The lowest BCUT2D eigenvalue weighted by molar-refractivity contribution is 0.589. The quantitative estimate of drug-likeness (QED) is 0.594. The molecule has 0 fully saturated rings. The predicted molar refractivity (Wildman–Crippen MR) is 63.1 cm³/mol. The van der Waals surface area contributed by atoms with Crippen molar-refractivity contribution in [3.05, 3.63) is 17.0 Å². The van der Waals surface area contributed by atoms with Crippen LogP contribution < -0.4 is 10.0 Å². The van der Waals surface area contributed by atoms with Gasteiger partial charge in [-0.2, -0.15) is 0 Å². The predicted octanol–water partition coefficient (Wildman–Crippen LogP) is 0.400. The summed E-state index contributed by atoms with van der Waals surface area (Å²) in [5.74, 6) is 0.577. The molecule has 2 N–H and O–H groups in total. The molecule has 90 valence electrons. The number of nitrogens with zero attached hydrogens (tertiary/aromatic N) is 2. The van der Waals surface area contributed by atoms with Crippen molar-refractivity contribution in [2.24, 2.45) is 0 Å². The van der Waals surface area contributed by atoms with Crippen molar-refractivity contribution in [2.75, 3.05) is 24.7 Å².